The van der Waals surface area contributed by atoms with Gasteiger partial charge in [-0.3, -0.25) is 0 Å². The average molecular weight is 125 g/mol. The molecule has 0 aromatic rings. The Balaban J connectivity index is -0.00000000167. The molecule has 1 nitrogen and oxygen atoms in total. The Hall–Kier alpha value is 1.63. The van der Waals surface area contributed by atoms with E-state index in [9.17, 15) is 0 Å². The van der Waals surface area contributed by atoms with Gasteiger partial charge in [-0.05, 0) is 0 Å². The van der Waals surface area contributed by atoms with Crippen molar-refractivity contribution in [3.8, 4) is 0 Å². The molecule has 0 unspecified atom stereocenters. The van der Waals surface area contributed by atoms with Gasteiger partial charge in [0.05, 0.1) is 0 Å². The second-order valence-electron chi connectivity index (χ2n) is 0. The summed E-state index contributed by atoms with van der Waals surface area (Å²) >= 11 is 0. The molecule has 0 fully saturated rings. The molecule has 4 heavy (non-hydrogen) atoms. The zero-order valence-corrected chi connectivity index (χ0v) is 6.44. The molecule has 0 rings (SSSR count). The molecule has 0 aromatic heterocycles. The number of rotatable bonds is 0. The first kappa shape index (κ1) is 17.4. The van der Waals surface area contributed by atoms with Gasteiger partial charge in [0.1, 0.15) is 0 Å². The van der Waals surface area contributed by atoms with E-state index >= 15 is 0 Å². The molecule has 0 atom stereocenters. The Kier molecular flexibility index (Phi) is 100.0. The summed E-state index contributed by atoms with van der Waals surface area (Å²) < 4.78 is 0. The third kappa shape index (κ3) is 9.45. The van der Waals surface area contributed by atoms with E-state index in [1.165, 1.54) is 0 Å². The molecule has 0 bridgehead atoms. The molecule has 0 aliphatic heterocycles. The van der Waals surface area contributed by atoms with Gasteiger partial charge >= 0.3 is 51.4 Å². The van der Waals surface area contributed by atoms with Gasteiger partial charge in [-0.2, -0.15) is 0 Å². The fraction of sp³-hybridized carbons (Fsp3) is 0. The van der Waals surface area contributed by atoms with Crippen LogP contribution in [0.4, 0.5) is 0 Å². The number of hydrogen-bond donors (Lipinski definition) is 0. The summed E-state index contributed by atoms with van der Waals surface area (Å²) in [7, 11) is 0. The van der Waals surface area contributed by atoms with Crippen LogP contribution >= 0.6 is 0 Å². The Morgan fingerprint density at radius 1 is 1.50 bits per heavy atom. The quantitative estimate of drug-likeness (QED) is 0.253. The van der Waals surface area contributed by atoms with Gasteiger partial charge in [-0.1, -0.05) is 0 Å². The average Bonchev–Trinajstić information content (AvgIpc) is 1.00. The second-order valence-corrected chi connectivity index (χ2v) is 0. The van der Waals surface area contributed by atoms with Crippen molar-refractivity contribution in [1.29, 1.82) is 5.26 Å². The van der Waals surface area contributed by atoms with Crippen molar-refractivity contribution >= 4 is 0 Å². The Morgan fingerprint density at radius 3 is 1.50 bits per heavy atom. The molecule has 0 aromatic carbocycles. The van der Waals surface area contributed by atoms with Crippen molar-refractivity contribution in [2.24, 2.45) is 0 Å². The maximum absolute atomic E-state index is 6.25. The van der Waals surface area contributed by atoms with Crippen molar-refractivity contribution in [3.05, 3.63) is 6.57 Å². The molecular formula is CHCoKN-. The van der Waals surface area contributed by atoms with Crippen molar-refractivity contribution in [1.82, 2.24) is 0 Å². The summed E-state index contributed by atoms with van der Waals surface area (Å²) in [5, 5.41) is 6.25. The minimum atomic E-state index is 0. The van der Waals surface area contributed by atoms with Crippen LogP contribution in [0.25, 0.3) is 0 Å². The van der Waals surface area contributed by atoms with Gasteiger partial charge in [-0.25, -0.2) is 0 Å². The summed E-state index contributed by atoms with van der Waals surface area (Å²) in [6.45, 7) is 4.75. The van der Waals surface area contributed by atoms with Crippen molar-refractivity contribution in [2.75, 3.05) is 0 Å². The van der Waals surface area contributed by atoms with Gasteiger partial charge in [0, 0.05) is 16.8 Å². The van der Waals surface area contributed by atoms with E-state index in [0.29, 0.717) is 0 Å². The van der Waals surface area contributed by atoms with Crippen LogP contribution in [0.5, 0.6) is 0 Å². The van der Waals surface area contributed by atoms with E-state index in [1.807, 2.05) is 0 Å². The fourth-order valence-electron chi connectivity index (χ4n) is 0. The standard InChI is InChI=1S/CN.Co.K.H/c1-2;;;/q-1;;+1;-1. The number of nitrogens with zero attached hydrogens (tertiary/aromatic N) is 1. The van der Waals surface area contributed by atoms with E-state index in [-0.39, 0.29) is 69.6 Å². The molecule has 0 aliphatic rings. The molecule has 3 heteroatoms. The first-order valence-electron chi connectivity index (χ1n) is 0.224. The van der Waals surface area contributed by atoms with Gasteiger partial charge < -0.3 is 13.3 Å². The third-order valence-corrected chi connectivity index (χ3v) is 0. The van der Waals surface area contributed by atoms with E-state index in [2.05, 4.69) is 0 Å². The van der Waals surface area contributed by atoms with Crippen LogP contribution in [0.1, 0.15) is 1.43 Å². The molecular weight excluding hydrogens is 124 g/mol. The fourth-order valence-corrected chi connectivity index (χ4v) is 0. The minimum absolute atomic E-state index is 0. The van der Waals surface area contributed by atoms with Gasteiger partial charge in [0.15, 0.2) is 0 Å². The van der Waals surface area contributed by atoms with E-state index in [1.54, 1.807) is 0 Å². The normalized spacial score (nSPS) is 0.500. The summed E-state index contributed by atoms with van der Waals surface area (Å²) in [6, 6.07) is 0. The Bertz CT molecular complexity index is 16.4. The summed E-state index contributed by atoms with van der Waals surface area (Å²) in [4.78, 5) is 0. The first-order valence-corrected chi connectivity index (χ1v) is 0.224. The minimum Gasteiger partial charge on any atom is -1.00 e. The molecule has 1 radical (unpaired) electrons. The molecule has 0 aliphatic carbocycles. The third-order valence-electron chi connectivity index (χ3n) is 0. The van der Waals surface area contributed by atoms with Crippen LogP contribution in [-0.2, 0) is 16.8 Å². The predicted octanol–water partition coefficient (Wildman–Crippen LogP) is -2.79. The zero-order chi connectivity index (χ0) is 2.00. The van der Waals surface area contributed by atoms with Crippen LogP contribution in [0.15, 0.2) is 0 Å². The molecule has 0 saturated heterocycles. The van der Waals surface area contributed by atoms with Gasteiger partial charge in [-0.15, -0.1) is 0 Å². The maximum atomic E-state index is 6.25. The first-order chi connectivity index (χ1) is 1.00. The largest absolute Gasteiger partial charge is 1.00 e. The molecule has 21 valence electrons. The van der Waals surface area contributed by atoms with Gasteiger partial charge in [0.2, 0.25) is 0 Å². The molecule has 0 N–H and O–H groups in total. The molecule has 0 spiro atoms. The van der Waals surface area contributed by atoms with Crippen LogP contribution in [0, 0.1) is 11.8 Å². The summed E-state index contributed by atoms with van der Waals surface area (Å²) in [5.74, 6) is 0. The monoisotopic (exact) mass is 125 g/mol. The maximum Gasteiger partial charge on any atom is 1.00 e. The SMILES string of the molecule is [C-]#N.[Co].[H-].[K+]. The van der Waals surface area contributed by atoms with Crippen molar-refractivity contribution in [2.45, 2.75) is 0 Å². The topological polar surface area (TPSA) is 23.8 Å². The Morgan fingerprint density at radius 2 is 1.50 bits per heavy atom. The predicted molar refractivity (Wildman–Crippen MR) is 6.08 cm³/mol. The summed E-state index contributed by atoms with van der Waals surface area (Å²) in [5.41, 5.74) is 0. The second kappa shape index (κ2) is 22.9. The van der Waals surface area contributed by atoms with Gasteiger partial charge in [0.25, 0.3) is 0 Å². The smallest absolute Gasteiger partial charge is 1.00 e. The molecule has 0 amide bonds. The van der Waals surface area contributed by atoms with Crippen molar-refractivity contribution < 1.29 is 69.6 Å². The van der Waals surface area contributed by atoms with Crippen LogP contribution < -0.4 is 51.4 Å². The van der Waals surface area contributed by atoms with E-state index in [0.717, 1.165) is 0 Å². The van der Waals surface area contributed by atoms with E-state index in [4.69, 9.17) is 11.8 Å². The van der Waals surface area contributed by atoms with Crippen LogP contribution in [-0.4, -0.2) is 0 Å². The molecule has 0 heterocycles. The Labute approximate surface area is 79.9 Å². The van der Waals surface area contributed by atoms with Crippen LogP contribution in [0.3, 0.4) is 0 Å². The molecule has 0 saturated carbocycles. The number of hydrogen-bond acceptors (Lipinski definition) is 1. The summed E-state index contributed by atoms with van der Waals surface area (Å²) in [6.07, 6.45) is 0. The van der Waals surface area contributed by atoms with E-state index < -0.39 is 0 Å². The van der Waals surface area contributed by atoms with Crippen LogP contribution in [0.2, 0.25) is 0 Å². The zero-order valence-electron chi connectivity index (χ0n) is 3.28. The van der Waals surface area contributed by atoms with Crippen molar-refractivity contribution in [3.63, 3.8) is 0 Å².